The molecule has 1 N–H and O–H groups in total. The molecular formula is C22H35N3O4S. The summed E-state index contributed by atoms with van der Waals surface area (Å²) in [5.74, 6) is 0.0256. The Balaban J connectivity index is 1.59. The molecule has 0 spiro atoms. The van der Waals surface area contributed by atoms with Crippen LogP contribution in [0, 0.1) is 6.92 Å². The molecule has 0 aromatic heterocycles. The minimum atomic E-state index is -3.18. The number of hydrogen-bond acceptors (Lipinski definition) is 5. The zero-order valence-electron chi connectivity index (χ0n) is 18.2. The van der Waals surface area contributed by atoms with Crippen molar-refractivity contribution in [2.75, 3.05) is 45.6 Å². The Morgan fingerprint density at radius 1 is 1.20 bits per heavy atom. The second-order valence-electron chi connectivity index (χ2n) is 8.45. The van der Waals surface area contributed by atoms with E-state index in [1.54, 1.807) is 4.31 Å². The molecule has 1 unspecified atom stereocenters. The SMILES string of the molecule is Cc1ccccc1CC(=O)NCCN(C1CCOCC1)C1CCCN(S(C)(=O)=O)C1. The lowest BCUT2D eigenvalue weighted by Crippen LogP contribution is -2.55. The maximum atomic E-state index is 12.4. The summed E-state index contributed by atoms with van der Waals surface area (Å²) in [4.78, 5) is 14.9. The molecule has 7 nitrogen and oxygen atoms in total. The van der Waals surface area contributed by atoms with Gasteiger partial charge in [0.25, 0.3) is 0 Å². The van der Waals surface area contributed by atoms with Crippen LogP contribution in [0.5, 0.6) is 0 Å². The van der Waals surface area contributed by atoms with Crippen LogP contribution in [0.3, 0.4) is 0 Å². The third-order valence-electron chi connectivity index (χ3n) is 6.26. The van der Waals surface area contributed by atoms with Crippen molar-refractivity contribution in [2.45, 2.75) is 51.1 Å². The predicted molar refractivity (Wildman–Crippen MR) is 118 cm³/mol. The first kappa shape index (κ1) is 23.2. The van der Waals surface area contributed by atoms with E-state index >= 15 is 0 Å². The van der Waals surface area contributed by atoms with Crippen LogP contribution >= 0.6 is 0 Å². The van der Waals surface area contributed by atoms with E-state index in [2.05, 4.69) is 10.2 Å². The Morgan fingerprint density at radius 2 is 1.93 bits per heavy atom. The summed E-state index contributed by atoms with van der Waals surface area (Å²) in [5, 5.41) is 3.06. The molecule has 1 atom stereocenters. The number of amides is 1. The monoisotopic (exact) mass is 437 g/mol. The van der Waals surface area contributed by atoms with Crippen molar-refractivity contribution < 1.29 is 17.9 Å². The highest BCUT2D eigenvalue weighted by atomic mass is 32.2. The smallest absolute Gasteiger partial charge is 0.224 e. The summed E-state index contributed by atoms with van der Waals surface area (Å²) in [6.45, 7) is 5.93. The third kappa shape index (κ3) is 6.51. The predicted octanol–water partition coefficient (Wildman–Crippen LogP) is 1.56. The molecule has 2 saturated heterocycles. The summed E-state index contributed by atoms with van der Waals surface area (Å²) in [6, 6.07) is 8.50. The van der Waals surface area contributed by atoms with Crippen molar-refractivity contribution in [3.05, 3.63) is 35.4 Å². The van der Waals surface area contributed by atoms with Crippen LogP contribution in [0.25, 0.3) is 0 Å². The van der Waals surface area contributed by atoms with Crippen LogP contribution in [0.4, 0.5) is 0 Å². The quantitative estimate of drug-likeness (QED) is 0.668. The number of carbonyl (C=O) groups excluding carboxylic acids is 1. The van der Waals surface area contributed by atoms with E-state index in [4.69, 9.17) is 4.74 Å². The lowest BCUT2D eigenvalue weighted by molar-refractivity contribution is -0.120. The van der Waals surface area contributed by atoms with Gasteiger partial charge in [-0.3, -0.25) is 9.69 Å². The van der Waals surface area contributed by atoms with Gasteiger partial charge in [0, 0.05) is 51.5 Å². The highest BCUT2D eigenvalue weighted by molar-refractivity contribution is 7.88. The Hall–Kier alpha value is -1.48. The summed E-state index contributed by atoms with van der Waals surface area (Å²) < 4.78 is 31.3. The van der Waals surface area contributed by atoms with Gasteiger partial charge in [-0.25, -0.2) is 12.7 Å². The van der Waals surface area contributed by atoms with Crippen molar-refractivity contribution in [1.29, 1.82) is 0 Å². The standard InChI is InChI=1S/C22H35N3O4S/c1-18-6-3-4-7-19(18)16-22(26)23-11-13-25(20-9-14-29-15-10-20)21-8-5-12-24(17-21)30(2,27)28/h3-4,6-7,20-21H,5,8-17H2,1-2H3,(H,23,26). The van der Waals surface area contributed by atoms with Crippen LogP contribution in [0.1, 0.15) is 36.8 Å². The molecule has 3 rings (SSSR count). The van der Waals surface area contributed by atoms with Crippen molar-refractivity contribution >= 4 is 15.9 Å². The van der Waals surface area contributed by atoms with E-state index in [0.717, 1.165) is 56.6 Å². The first-order valence-electron chi connectivity index (χ1n) is 10.9. The lowest BCUT2D eigenvalue weighted by atomic mass is 9.99. The minimum Gasteiger partial charge on any atom is -0.381 e. The van der Waals surface area contributed by atoms with Crippen LogP contribution < -0.4 is 5.32 Å². The van der Waals surface area contributed by atoms with Gasteiger partial charge in [0.2, 0.25) is 15.9 Å². The largest absolute Gasteiger partial charge is 0.381 e. The Bertz CT molecular complexity index is 808. The van der Waals surface area contributed by atoms with Gasteiger partial charge in [-0.1, -0.05) is 24.3 Å². The molecule has 2 aliphatic rings. The molecule has 0 aliphatic carbocycles. The van der Waals surface area contributed by atoms with Crippen molar-refractivity contribution in [3.8, 4) is 0 Å². The van der Waals surface area contributed by atoms with Gasteiger partial charge in [0.05, 0.1) is 12.7 Å². The van der Waals surface area contributed by atoms with Gasteiger partial charge in [-0.05, 0) is 43.7 Å². The van der Waals surface area contributed by atoms with Crippen LogP contribution in [0.15, 0.2) is 24.3 Å². The molecular weight excluding hydrogens is 402 g/mol. The molecule has 2 fully saturated rings. The molecule has 168 valence electrons. The maximum Gasteiger partial charge on any atom is 0.224 e. The molecule has 0 radical (unpaired) electrons. The Morgan fingerprint density at radius 3 is 2.63 bits per heavy atom. The highest BCUT2D eigenvalue weighted by Crippen LogP contribution is 2.24. The molecule has 1 aromatic rings. The number of rotatable bonds is 8. The van der Waals surface area contributed by atoms with Gasteiger partial charge in [-0.2, -0.15) is 0 Å². The normalized spacial score (nSPS) is 21.6. The van der Waals surface area contributed by atoms with Crippen LogP contribution in [-0.4, -0.2) is 81.3 Å². The Labute approximate surface area is 180 Å². The highest BCUT2D eigenvalue weighted by Gasteiger charge is 2.33. The summed E-state index contributed by atoms with van der Waals surface area (Å²) in [7, 11) is -3.18. The first-order valence-corrected chi connectivity index (χ1v) is 12.8. The number of nitrogens with one attached hydrogen (secondary N) is 1. The summed E-state index contributed by atoms with van der Waals surface area (Å²) in [5.41, 5.74) is 2.17. The molecule has 2 aliphatic heterocycles. The molecule has 30 heavy (non-hydrogen) atoms. The Kier molecular flexibility index (Phi) is 8.27. The molecule has 1 aromatic carbocycles. The second-order valence-corrected chi connectivity index (χ2v) is 10.4. The number of sulfonamides is 1. The second kappa shape index (κ2) is 10.7. The number of benzene rings is 1. The van der Waals surface area contributed by atoms with E-state index in [0.29, 0.717) is 32.1 Å². The van der Waals surface area contributed by atoms with E-state index in [9.17, 15) is 13.2 Å². The van der Waals surface area contributed by atoms with E-state index < -0.39 is 10.0 Å². The zero-order valence-corrected chi connectivity index (χ0v) is 19.0. The number of aryl methyl sites for hydroxylation is 1. The van der Waals surface area contributed by atoms with Crippen molar-refractivity contribution in [2.24, 2.45) is 0 Å². The fourth-order valence-electron chi connectivity index (χ4n) is 4.54. The third-order valence-corrected chi connectivity index (χ3v) is 7.53. The number of piperidine rings is 1. The van der Waals surface area contributed by atoms with Gasteiger partial charge in [0.1, 0.15) is 0 Å². The minimum absolute atomic E-state index is 0.0256. The number of carbonyl (C=O) groups is 1. The van der Waals surface area contributed by atoms with Gasteiger partial charge in [0.15, 0.2) is 0 Å². The lowest BCUT2D eigenvalue weighted by Gasteiger charge is -2.43. The van der Waals surface area contributed by atoms with E-state index in [-0.39, 0.29) is 11.9 Å². The van der Waals surface area contributed by atoms with Gasteiger partial charge < -0.3 is 10.1 Å². The number of nitrogens with zero attached hydrogens (tertiary/aromatic N) is 2. The first-order chi connectivity index (χ1) is 14.3. The molecule has 1 amide bonds. The fraction of sp³-hybridized carbons (Fsp3) is 0.682. The summed E-state index contributed by atoms with van der Waals surface area (Å²) >= 11 is 0. The molecule has 8 heteroatoms. The number of hydrogen-bond donors (Lipinski definition) is 1. The van der Waals surface area contributed by atoms with E-state index in [1.165, 1.54) is 6.26 Å². The molecule has 0 saturated carbocycles. The van der Waals surface area contributed by atoms with Crippen molar-refractivity contribution in [3.63, 3.8) is 0 Å². The molecule has 2 heterocycles. The number of ether oxygens (including phenoxy) is 1. The van der Waals surface area contributed by atoms with E-state index in [1.807, 2.05) is 31.2 Å². The van der Waals surface area contributed by atoms with Gasteiger partial charge in [-0.15, -0.1) is 0 Å². The van der Waals surface area contributed by atoms with Crippen molar-refractivity contribution in [1.82, 2.24) is 14.5 Å². The average Bonchev–Trinajstić information content (AvgIpc) is 2.73. The summed E-state index contributed by atoms with van der Waals surface area (Å²) in [6.07, 6.45) is 5.44. The van der Waals surface area contributed by atoms with Crippen LogP contribution in [-0.2, 0) is 26.0 Å². The topological polar surface area (TPSA) is 79.0 Å². The van der Waals surface area contributed by atoms with Crippen LogP contribution in [0.2, 0.25) is 0 Å². The maximum absolute atomic E-state index is 12.4. The average molecular weight is 438 g/mol. The zero-order chi connectivity index (χ0) is 21.6. The van der Waals surface area contributed by atoms with Gasteiger partial charge >= 0.3 is 0 Å². The molecule has 0 bridgehead atoms. The fourth-order valence-corrected chi connectivity index (χ4v) is 5.44.